The van der Waals surface area contributed by atoms with Gasteiger partial charge in [0.25, 0.3) is 0 Å². The zero-order valence-corrected chi connectivity index (χ0v) is 20.6. The summed E-state index contributed by atoms with van der Waals surface area (Å²) in [5.74, 6) is 0.395. The number of amides is 1. The average molecular weight is 436 g/mol. The van der Waals surface area contributed by atoms with E-state index in [0.717, 1.165) is 52.9 Å². The molecule has 0 fully saturated rings. The molecule has 2 aromatic rings. The highest BCUT2D eigenvalue weighted by atomic mass is 16.5. The first-order chi connectivity index (χ1) is 15.1. The molecule has 1 heterocycles. The second kappa shape index (κ2) is 11.1. The minimum Gasteiger partial charge on any atom is -0.445 e. The molecule has 1 aromatic carbocycles. The maximum atomic E-state index is 12.4. The number of ether oxygens (including phenoxy) is 1. The quantitative estimate of drug-likeness (QED) is 0.528. The molecule has 0 saturated heterocycles. The minimum atomic E-state index is -0.456. The van der Waals surface area contributed by atoms with Crippen LogP contribution in [0, 0.1) is 24.2 Å². The number of carbonyl (C=O) groups is 1. The molecule has 0 unspecified atom stereocenters. The number of aromatic nitrogens is 1. The molecule has 1 N–H and O–H groups in total. The van der Waals surface area contributed by atoms with Crippen molar-refractivity contribution in [3.8, 4) is 17.2 Å². The largest absolute Gasteiger partial charge is 0.445 e. The molecule has 0 spiro atoms. The summed E-state index contributed by atoms with van der Waals surface area (Å²) in [7, 11) is 0. The van der Waals surface area contributed by atoms with Gasteiger partial charge in [0.05, 0.1) is 12.5 Å². The van der Waals surface area contributed by atoms with E-state index in [0.29, 0.717) is 5.92 Å². The Balaban J connectivity index is 2.69. The standard InChI is InChI=1S/C27H37N3O2/c1-8-9-23-21(14-15-28)25(20-12-10-19(4)11-13-20)22(24(29-23)16-18(2)3)17-32-26(31)30-27(5,6)7/h10-13,18H,8-9,14,16-17H2,1-7H3,(H,30,31). The molecule has 32 heavy (non-hydrogen) atoms. The number of pyridine rings is 1. The number of benzene rings is 1. The highest BCUT2D eigenvalue weighted by molar-refractivity contribution is 5.74. The summed E-state index contributed by atoms with van der Waals surface area (Å²) in [5, 5.41) is 12.5. The van der Waals surface area contributed by atoms with Gasteiger partial charge in [-0.3, -0.25) is 4.98 Å². The lowest BCUT2D eigenvalue weighted by molar-refractivity contribution is 0.131. The first-order valence-electron chi connectivity index (χ1n) is 11.5. The Bertz CT molecular complexity index is 964. The molecule has 0 aliphatic heterocycles. The number of alkyl carbamates (subject to hydrolysis) is 1. The Morgan fingerprint density at radius 2 is 1.81 bits per heavy atom. The highest BCUT2D eigenvalue weighted by Crippen LogP contribution is 2.34. The van der Waals surface area contributed by atoms with Gasteiger partial charge in [0.15, 0.2) is 0 Å². The van der Waals surface area contributed by atoms with Gasteiger partial charge in [-0.05, 0) is 63.1 Å². The third kappa shape index (κ3) is 7.09. The van der Waals surface area contributed by atoms with Gasteiger partial charge in [0, 0.05) is 22.5 Å². The van der Waals surface area contributed by atoms with Crippen LogP contribution in [-0.4, -0.2) is 16.6 Å². The Labute approximate surface area is 193 Å². The lowest BCUT2D eigenvalue weighted by Crippen LogP contribution is -2.40. The van der Waals surface area contributed by atoms with Crippen molar-refractivity contribution in [2.75, 3.05) is 0 Å². The fourth-order valence-corrected chi connectivity index (χ4v) is 3.74. The molecule has 2 rings (SSSR count). The van der Waals surface area contributed by atoms with Crippen molar-refractivity contribution in [2.24, 2.45) is 5.92 Å². The maximum absolute atomic E-state index is 12.4. The molecule has 1 amide bonds. The average Bonchev–Trinajstić information content (AvgIpc) is 2.68. The van der Waals surface area contributed by atoms with E-state index >= 15 is 0 Å². The van der Waals surface area contributed by atoms with Crippen molar-refractivity contribution in [1.82, 2.24) is 10.3 Å². The molecule has 5 nitrogen and oxygen atoms in total. The predicted molar refractivity (Wildman–Crippen MR) is 129 cm³/mol. The third-order valence-corrected chi connectivity index (χ3v) is 5.08. The molecule has 0 radical (unpaired) electrons. The van der Waals surface area contributed by atoms with Crippen LogP contribution in [0.2, 0.25) is 0 Å². The van der Waals surface area contributed by atoms with Gasteiger partial charge in [-0.2, -0.15) is 5.26 Å². The van der Waals surface area contributed by atoms with Gasteiger partial charge < -0.3 is 10.1 Å². The summed E-state index contributed by atoms with van der Waals surface area (Å²) in [6, 6.07) is 10.6. The number of rotatable bonds is 8. The van der Waals surface area contributed by atoms with E-state index < -0.39 is 6.09 Å². The van der Waals surface area contributed by atoms with E-state index in [9.17, 15) is 10.1 Å². The number of nitriles is 1. The summed E-state index contributed by atoms with van der Waals surface area (Å²) in [5.41, 5.74) is 6.57. The zero-order valence-electron chi connectivity index (χ0n) is 20.6. The first-order valence-corrected chi connectivity index (χ1v) is 11.5. The monoisotopic (exact) mass is 435 g/mol. The van der Waals surface area contributed by atoms with E-state index in [2.05, 4.69) is 63.3 Å². The SMILES string of the molecule is CCCc1nc(CC(C)C)c(COC(=O)NC(C)(C)C)c(-c2ccc(C)cc2)c1CC#N. The maximum Gasteiger partial charge on any atom is 0.407 e. The number of nitrogens with zero attached hydrogens (tertiary/aromatic N) is 2. The fourth-order valence-electron chi connectivity index (χ4n) is 3.74. The van der Waals surface area contributed by atoms with Gasteiger partial charge >= 0.3 is 6.09 Å². The second-order valence-corrected chi connectivity index (χ2v) is 9.84. The molecule has 0 atom stereocenters. The van der Waals surface area contributed by atoms with Crippen molar-refractivity contribution in [3.05, 3.63) is 52.3 Å². The van der Waals surface area contributed by atoms with Crippen LogP contribution in [0.4, 0.5) is 4.79 Å². The number of aryl methyl sites for hydroxylation is 2. The van der Waals surface area contributed by atoms with Crippen molar-refractivity contribution < 1.29 is 9.53 Å². The molecule has 0 aliphatic carbocycles. The van der Waals surface area contributed by atoms with Crippen LogP contribution >= 0.6 is 0 Å². The van der Waals surface area contributed by atoms with Crippen LogP contribution in [0.15, 0.2) is 24.3 Å². The molecule has 5 heteroatoms. The Morgan fingerprint density at radius 3 is 2.34 bits per heavy atom. The van der Waals surface area contributed by atoms with Crippen LogP contribution < -0.4 is 5.32 Å². The van der Waals surface area contributed by atoms with Crippen molar-refractivity contribution in [3.63, 3.8) is 0 Å². The Kier molecular flexibility index (Phi) is 8.83. The lowest BCUT2D eigenvalue weighted by atomic mass is 9.88. The van der Waals surface area contributed by atoms with Crippen molar-refractivity contribution in [1.29, 1.82) is 5.26 Å². The van der Waals surface area contributed by atoms with E-state index in [-0.39, 0.29) is 18.6 Å². The topological polar surface area (TPSA) is 75.0 Å². The molecule has 0 saturated carbocycles. The Morgan fingerprint density at radius 1 is 1.16 bits per heavy atom. The van der Waals surface area contributed by atoms with Gasteiger partial charge in [-0.25, -0.2) is 4.79 Å². The molecular weight excluding hydrogens is 398 g/mol. The van der Waals surface area contributed by atoms with Crippen LogP contribution in [0.5, 0.6) is 0 Å². The first kappa shape index (κ1) is 25.4. The van der Waals surface area contributed by atoms with Gasteiger partial charge in [-0.15, -0.1) is 0 Å². The summed E-state index contributed by atoms with van der Waals surface area (Å²) >= 11 is 0. The highest BCUT2D eigenvalue weighted by Gasteiger charge is 2.23. The third-order valence-electron chi connectivity index (χ3n) is 5.08. The lowest BCUT2D eigenvalue weighted by Gasteiger charge is -2.23. The van der Waals surface area contributed by atoms with Gasteiger partial charge in [0.1, 0.15) is 6.61 Å². The van der Waals surface area contributed by atoms with E-state index in [4.69, 9.17) is 9.72 Å². The van der Waals surface area contributed by atoms with Crippen molar-refractivity contribution in [2.45, 2.75) is 86.3 Å². The van der Waals surface area contributed by atoms with E-state index in [1.165, 1.54) is 5.56 Å². The van der Waals surface area contributed by atoms with Gasteiger partial charge in [-0.1, -0.05) is 57.0 Å². The van der Waals surface area contributed by atoms with E-state index in [1.807, 2.05) is 20.8 Å². The van der Waals surface area contributed by atoms with Crippen LogP contribution in [0.25, 0.3) is 11.1 Å². The summed E-state index contributed by atoms with van der Waals surface area (Å²) in [6.07, 6.45) is 2.36. The predicted octanol–water partition coefficient (Wildman–Crippen LogP) is 6.30. The molecule has 172 valence electrons. The van der Waals surface area contributed by atoms with Gasteiger partial charge in [0.2, 0.25) is 0 Å². The molecule has 0 aliphatic rings. The number of hydrogen-bond acceptors (Lipinski definition) is 4. The normalized spacial score (nSPS) is 11.3. The number of nitrogens with one attached hydrogen (secondary N) is 1. The zero-order chi connectivity index (χ0) is 23.9. The van der Waals surface area contributed by atoms with Crippen molar-refractivity contribution >= 4 is 6.09 Å². The fraction of sp³-hybridized carbons (Fsp3) is 0.519. The molecular formula is C27H37N3O2. The second-order valence-electron chi connectivity index (χ2n) is 9.84. The molecule has 1 aromatic heterocycles. The Hall–Kier alpha value is -2.87. The van der Waals surface area contributed by atoms with E-state index in [1.54, 1.807) is 0 Å². The smallest absolute Gasteiger partial charge is 0.407 e. The molecule has 0 bridgehead atoms. The van der Waals surface area contributed by atoms with Crippen LogP contribution in [0.1, 0.15) is 76.0 Å². The summed E-state index contributed by atoms with van der Waals surface area (Å²) in [4.78, 5) is 17.4. The number of hydrogen-bond donors (Lipinski definition) is 1. The minimum absolute atomic E-state index is 0.116. The summed E-state index contributed by atoms with van der Waals surface area (Å²) < 4.78 is 5.67. The number of carbonyl (C=O) groups excluding carboxylic acids is 1. The van der Waals surface area contributed by atoms with Crippen LogP contribution in [-0.2, 0) is 30.6 Å². The van der Waals surface area contributed by atoms with Crippen LogP contribution in [0.3, 0.4) is 0 Å². The summed E-state index contributed by atoms with van der Waals surface area (Å²) in [6.45, 7) is 14.4.